The van der Waals surface area contributed by atoms with Crippen molar-refractivity contribution >= 4 is 11.9 Å². The van der Waals surface area contributed by atoms with Crippen molar-refractivity contribution in [3.05, 3.63) is 0 Å². The number of nitrogens with two attached hydrogens (primary N) is 1. The van der Waals surface area contributed by atoms with Crippen molar-refractivity contribution in [2.45, 2.75) is 44.6 Å². The zero-order chi connectivity index (χ0) is 14.4. The predicted octanol–water partition coefficient (Wildman–Crippen LogP) is 0.522. The maximum absolute atomic E-state index is 12.7. The summed E-state index contributed by atoms with van der Waals surface area (Å²) in [6.45, 7) is 3.44. The van der Waals surface area contributed by atoms with E-state index < -0.39 is 5.91 Å². The molecule has 0 bridgehead atoms. The summed E-state index contributed by atoms with van der Waals surface area (Å²) in [4.78, 5) is 27.6. The van der Waals surface area contributed by atoms with Gasteiger partial charge < -0.3 is 20.9 Å². The average molecular weight is 282 g/mol. The van der Waals surface area contributed by atoms with Crippen molar-refractivity contribution < 1.29 is 9.59 Å². The molecular weight excluding hydrogens is 256 g/mol. The average Bonchev–Trinajstić information content (AvgIpc) is 2.74. The lowest BCUT2D eigenvalue weighted by Crippen LogP contribution is -2.53. The number of nitrogens with one attached hydrogen (secondary N) is 1. The number of likely N-dealkylation sites (tertiary alicyclic amines) is 1. The van der Waals surface area contributed by atoms with Crippen molar-refractivity contribution in [1.82, 2.24) is 15.1 Å². The maximum atomic E-state index is 12.7. The van der Waals surface area contributed by atoms with Crippen molar-refractivity contribution in [2.24, 2.45) is 5.73 Å². The number of rotatable bonds is 3. The fourth-order valence-corrected chi connectivity index (χ4v) is 3.08. The minimum atomic E-state index is -0.424. The molecular formula is C14H26N4O2. The van der Waals surface area contributed by atoms with E-state index in [1.54, 1.807) is 4.90 Å². The zero-order valence-electron chi connectivity index (χ0n) is 12.1. The van der Waals surface area contributed by atoms with Crippen LogP contribution < -0.4 is 11.1 Å². The number of amides is 3. The zero-order valence-corrected chi connectivity index (χ0v) is 12.1. The number of urea groups is 1. The van der Waals surface area contributed by atoms with E-state index in [1.165, 1.54) is 12.8 Å². The smallest absolute Gasteiger partial charge is 0.320 e. The first kappa shape index (κ1) is 15.1. The largest absolute Gasteiger partial charge is 0.368 e. The number of primary amides is 1. The Bertz CT molecular complexity index is 334. The summed E-state index contributed by atoms with van der Waals surface area (Å²) in [5, 5.41) is 3.28. The second kappa shape index (κ2) is 7.47. The normalized spacial score (nSPS) is 21.3. The van der Waals surface area contributed by atoms with Crippen LogP contribution in [0.1, 0.15) is 38.5 Å². The van der Waals surface area contributed by atoms with Crippen LogP contribution in [0.25, 0.3) is 0 Å². The van der Waals surface area contributed by atoms with Gasteiger partial charge in [0.05, 0.1) is 0 Å². The minimum absolute atomic E-state index is 0.00222. The molecule has 0 aromatic heterocycles. The van der Waals surface area contributed by atoms with Crippen LogP contribution in [-0.2, 0) is 4.79 Å². The van der Waals surface area contributed by atoms with Crippen molar-refractivity contribution in [3.8, 4) is 0 Å². The highest BCUT2D eigenvalue weighted by Crippen LogP contribution is 2.17. The van der Waals surface area contributed by atoms with E-state index in [1.807, 2.05) is 4.90 Å². The van der Waals surface area contributed by atoms with E-state index in [0.29, 0.717) is 0 Å². The van der Waals surface area contributed by atoms with Gasteiger partial charge in [-0.05, 0) is 38.8 Å². The lowest BCUT2D eigenvalue weighted by molar-refractivity contribution is -0.119. The molecule has 0 aromatic carbocycles. The molecule has 0 aromatic rings. The first-order valence-electron chi connectivity index (χ1n) is 7.73. The van der Waals surface area contributed by atoms with Crippen LogP contribution in [0.2, 0.25) is 0 Å². The number of hydrogen-bond donors (Lipinski definition) is 2. The Kier molecular flexibility index (Phi) is 5.64. The Morgan fingerprint density at radius 1 is 1.10 bits per heavy atom. The fourth-order valence-electron chi connectivity index (χ4n) is 3.08. The Hall–Kier alpha value is -1.30. The second-order valence-corrected chi connectivity index (χ2v) is 5.76. The topological polar surface area (TPSA) is 78.7 Å². The minimum Gasteiger partial charge on any atom is -0.368 e. The van der Waals surface area contributed by atoms with Crippen molar-refractivity contribution in [1.29, 1.82) is 0 Å². The second-order valence-electron chi connectivity index (χ2n) is 5.76. The van der Waals surface area contributed by atoms with E-state index in [2.05, 4.69) is 5.32 Å². The molecule has 0 aliphatic carbocycles. The molecule has 0 spiro atoms. The third-order valence-corrected chi connectivity index (χ3v) is 4.20. The number of carbonyl (C=O) groups is 2. The maximum Gasteiger partial charge on any atom is 0.320 e. The highest BCUT2D eigenvalue weighted by molar-refractivity contribution is 5.83. The molecule has 2 fully saturated rings. The van der Waals surface area contributed by atoms with Gasteiger partial charge >= 0.3 is 6.03 Å². The molecule has 2 saturated heterocycles. The van der Waals surface area contributed by atoms with Crippen LogP contribution in [0.4, 0.5) is 4.79 Å². The molecule has 0 atom stereocenters. The third kappa shape index (κ3) is 4.10. The van der Waals surface area contributed by atoms with E-state index in [4.69, 9.17) is 5.73 Å². The molecule has 3 N–H and O–H groups in total. The van der Waals surface area contributed by atoms with E-state index in [-0.39, 0.29) is 18.6 Å². The Morgan fingerprint density at radius 2 is 1.70 bits per heavy atom. The number of nitrogens with zero attached hydrogens (tertiary/aromatic N) is 2. The van der Waals surface area contributed by atoms with Gasteiger partial charge in [-0.1, -0.05) is 12.8 Å². The van der Waals surface area contributed by atoms with Gasteiger partial charge in [0, 0.05) is 19.1 Å². The Balaban J connectivity index is 2.03. The van der Waals surface area contributed by atoms with Gasteiger partial charge in [-0.15, -0.1) is 0 Å². The molecule has 114 valence electrons. The molecule has 3 amide bonds. The molecule has 6 heteroatoms. The molecule has 20 heavy (non-hydrogen) atoms. The number of piperidine rings is 1. The lowest BCUT2D eigenvalue weighted by atomic mass is 10.1. The number of carbonyl (C=O) groups excluding carboxylic acids is 2. The van der Waals surface area contributed by atoms with Crippen molar-refractivity contribution in [3.63, 3.8) is 0 Å². The summed E-state index contributed by atoms with van der Waals surface area (Å²) in [5.41, 5.74) is 5.33. The molecule has 0 radical (unpaired) electrons. The van der Waals surface area contributed by atoms with Gasteiger partial charge in [0.15, 0.2) is 0 Å². The van der Waals surface area contributed by atoms with E-state index >= 15 is 0 Å². The third-order valence-electron chi connectivity index (χ3n) is 4.20. The SMILES string of the molecule is NC(=O)CN(C(=O)N1CCCCCC1)C1CCNCC1. The summed E-state index contributed by atoms with van der Waals surface area (Å²) in [6.07, 6.45) is 6.28. The molecule has 2 aliphatic heterocycles. The molecule has 0 saturated carbocycles. The number of hydrogen-bond acceptors (Lipinski definition) is 3. The van der Waals surface area contributed by atoms with Crippen molar-refractivity contribution in [2.75, 3.05) is 32.7 Å². The fraction of sp³-hybridized carbons (Fsp3) is 0.857. The Labute approximate surface area is 120 Å². The summed E-state index contributed by atoms with van der Waals surface area (Å²) in [6, 6.07) is 0.136. The summed E-state index contributed by atoms with van der Waals surface area (Å²) < 4.78 is 0. The van der Waals surface area contributed by atoms with Gasteiger partial charge in [0.25, 0.3) is 0 Å². The molecule has 2 rings (SSSR count). The predicted molar refractivity (Wildman–Crippen MR) is 77.2 cm³/mol. The van der Waals surface area contributed by atoms with Crippen LogP contribution in [0.3, 0.4) is 0 Å². The molecule has 2 heterocycles. The first-order chi connectivity index (χ1) is 9.68. The quantitative estimate of drug-likeness (QED) is 0.792. The highest BCUT2D eigenvalue weighted by atomic mass is 16.2. The highest BCUT2D eigenvalue weighted by Gasteiger charge is 2.30. The summed E-state index contributed by atoms with van der Waals surface area (Å²) in [5.74, 6) is -0.424. The summed E-state index contributed by atoms with van der Waals surface area (Å²) >= 11 is 0. The Morgan fingerprint density at radius 3 is 2.25 bits per heavy atom. The van der Waals surface area contributed by atoms with Gasteiger partial charge in [0.1, 0.15) is 6.54 Å². The molecule has 2 aliphatic rings. The van der Waals surface area contributed by atoms with Crippen LogP contribution in [0.15, 0.2) is 0 Å². The monoisotopic (exact) mass is 282 g/mol. The van der Waals surface area contributed by atoms with Crippen LogP contribution in [-0.4, -0.2) is 60.5 Å². The van der Waals surface area contributed by atoms with Gasteiger partial charge in [0.2, 0.25) is 5.91 Å². The summed E-state index contributed by atoms with van der Waals surface area (Å²) in [7, 11) is 0. The van der Waals surface area contributed by atoms with E-state index in [9.17, 15) is 9.59 Å². The first-order valence-corrected chi connectivity index (χ1v) is 7.73. The molecule has 6 nitrogen and oxygen atoms in total. The van der Waals surface area contributed by atoms with E-state index in [0.717, 1.165) is 51.9 Å². The standard InChI is InChI=1S/C14H26N4O2/c15-13(19)11-18(12-5-7-16-8-6-12)14(20)17-9-3-1-2-4-10-17/h12,16H,1-11H2,(H2,15,19). The van der Waals surface area contributed by atoms with Gasteiger partial charge in [-0.25, -0.2) is 4.79 Å². The van der Waals surface area contributed by atoms with Gasteiger partial charge in [-0.2, -0.15) is 0 Å². The van der Waals surface area contributed by atoms with Crippen LogP contribution in [0.5, 0.6) is 0 Å². The molecule has 0 unspecified atom stereocenters. The van der Waals surface area contributed by atoms with Crippen LogP contribution >= 0.6 is 0 Å². The van der Waals surface area contributed by atoms with Gasteiger partial charge in [-0.3, -0.25) is 4.79 Å². The lowest BCUT2D eigenvalue weighted by Gasteiger charge is -2.37. The van der Waals surface area contributed by atoms with Crippen LogP contribution in [0, 0.1) is 0 Å².